The van der Waals surface area contributed by atoms with Crippen molar-refractivity contribution < 1.29 is 9.50 Å². The Morgan fingerprint density at radius 2 is 1.84 bits per heavy atom. The number of halogens is 3. The van der Waals surface area contributed by atoms with E-state index in [1.807, 2.05) is 30.3 Å². The number of anilines is 1. The third-order valence-corrected chi connectivity index (χ3v) is 6.32. The van der Waals surface area contributed by atoms with E-state index in [0.717, 1.165) is 11.3 Å². The highest BCUT2D eigenvalue weighted by Crippen LogP contribution is 2.36. The van der Waals surface area contributed by atoms with Gasteiger partial charge in [-0.25, -0.2) is 4.39 Å². The van der Waals surface area contributed by atoms with Crippen LogP contribution >= 0.6 is 23.2 Å². The van der Waals surface area contributed by atoms with Crippen molar-refractivity contribution in [2.24, 2.45) is 0 Å². The summed E-state index contributed by atoms with van der Waals surface area (Å²) >= 11 is 12.6. The minimum absolute atomic E-state index is 0.0360. The number of hydrogen-bond acceptors (Lipinski definition) is 4. The van der Waals surface area contributed by atoms with Gasteiger partial charge in [-0.1, -0.05) is 47.5 Å². The molecule has 1 aliphatic heterocycles. The van der Waals surface area contributed by atoms with Crippen LogP contribution in [0, 0.1) is 17.1 Å². The van der Waals surface area contributed by atoms with Crippen LogP contribution in [0.25, 0.3) is 0 Å². The van der Waals surface area contributed by atoms with Gasteiger partial charge in [0.25, 0.3) is 0 Å². The number of aliphatic hydroxyl groups is 1. The fraction of sp³-hybridized carbons (Fsp3) is 0.240. The standard InChI is InChI=1S/C25H22Cl2FN3O/c26-20-7-5-18(6-8-20)24-15-30(16-25(32)19-2-1-3-21(28)13-19)10-11-31(24)23-9-4-17(14-29)12-22(23)27/h1-9,12-13,24-25,32H,10-11,15-16H2/t24-,25+/m0/s1. The predicted octanol–water partition coefficient (Wildman–Crippen LogP) is 5.60. The number of nitrogens with zero attached hydrogens (tertiary/aromatic N) is 3. The summed E-state index contributed by atoms with van der Waals surface area (Å²) in [4.78, 5) is 4.39. The smallest absolute Gasteiger partial charge is 0.123 e. The minimum atomic E-state index is -0.790. The zero-order valence-electron chi connectivity index (χ0n) is 17.3. The summed E-state index contributed by atoms with van der Waals surface area (Å²) in [6.07, 6.45) is -0.790. The molecule has 1 fully saturated rings. The molecule has 1 heterocycles. The molecule has 4 rings (SSSR count). The van der Waals surface area contributed by atoms with E-state index in [1.165, 1.54) is 12.1 Å². The van der Waals surface area contributed by atoms with Gasteiger partial charge in [0.05, 0.1) is 34.5 Å². The second-order valence-corrected chi connectivity index (χ2v) is 8.71. The van der Waals surface area contributed by atoms with E-state index in [2.05, 4.69) is 15.9 Å². The second-order valence-electron chi connectivity index (χ2n) is 7.87. The largest absolute Gasteiger partial charge is 0.387 e. The quantitative estimate of drug-likeness (QED) is 0.528. The Hall–Kier alpha value is -2.62. The summed E-state index contributed by atoms with van der Waals surface area (Å²) in [6, 6.07) is 21.2. The van der Waals surface area contributed by atoms with Gasteiger partial charge in [-0.15, -0.1) is 0 Å². The maximum Gasteiger partial charge on any atom is 0.123 e. The Morgan fingerprint density at radius 3 is 2.53 bits per heavy atom. The average Bonchev–Trinajstić information content (AvgIpc) is 2.79. The molecule has 1 saturated heterocycles. The number of piperazine rings is 1. The average molecular weight is 470 g/mol. The van der Waals surface area contributed by atoms with Crippen LogP contribution in [-0.4, -0.2) is 36.2 Å². The number of benzene rings is 3. The summed E-state index contributed by atoms with van der Waals surface area (Å²) in [7, 11) is 0. The number of aliphatic hydroxyl groups excluding tert-OH is 1. The summed E-state index contributed by atoms with van der Waals surface area (Å²) in [5.74, 6) is -0.360. The van der Waals surface area contributed by atoms with Crippen molar-refractivity contribution in [1.82, 2.24) is 4.90 Å². The van der Waals surface area contributed by atoms with Crippen molar-refractivity contribution in [2.75, 3.05) is 31.1 Å². The van der Waals surface area contributed by atoms with E-state index in [4.69, 9.17) is 28.5 Å². The van der Waals surface area contributed by atoms with Crippen molar-refractivity contribution >= 4 is 28.9 Å². The molecule has 7 heteroatoms. The first-order valence-electron chi connectivity index (χ1n) is 10.3. The third-order valence-electron chi connectivity index (χ3n) is 5.77. The molecule has 0 unspecified atom stereocenters. The van der Waals surface area contributed by atoms with Crippen LogP contribution in [0.3, 0.4) is 0 Å². The molecular weight excluding hydrogens is 448 g/mol. The lowest BCUT2D eigenvalue weighted by Crippen LogP contribution is -2.49. The molecule has 2 atom stereocenters. The Kier molecular flexibility index (Phi) is 6.98. The molecule has 0 aliphatic carbocycles. The molecule has 3 aromatic carbocycles. The molecule has 1 N–H and O–H groups in total. The van der Waals surface area contributed by atoms with Gasteiger partial charge in [-0.05, 0) is 53.6 Å². The van der Waals surface area contributed by atoms with Crippen LogP contribution in [0.2, 0.25) is 10.0 Å². The first-order chi connectivity index (χ1) is 15.4. The number of rotatable bonds is 5. The SMILES string of the molecule is N#Cc1ccc(N2CCN(C[C@@H](O)c3cccc(F)c3)C[C@H]2c2ccc(Cl)cc2)c(Cl)c1. The topological polar surface area (TPSA) is 50.5 Å². The van der Waals surface area contributed by atoms with E-state index in [1.54, 1.807) is 24.3 Å². The van der Waals surface area contributed by atoms with Gasteiger partial charge < -0.3 is 10.0 Å². The summed E-state index contributed by atoms with van der Waals surface area (Å²) in [6.45, 7) is 2.41. The Morgan fingerprint density at radius 1 is 1.06 bits per heavy atom. The van der Waals surface area contributed by atoms with E-state index in [-0.39, 0.29) is 11.9 Å². The zero-order valence-corrected chi connectivity index (χ0v) is 18.8. The molecule has 0 bridgehead atoms. The minimum Gasteiger partial charge on any atom is -0.387 e. The van der Waals surface area contributed by atoms with Gasteiger partial charge in [0.15, 0.2) is 0 Å². The van der Waals surface area contributed by atoms with Crippen LogP contribution in [-0.2, 0) is 0 Å². The Balaban J connectivity index is 1.59. The molecule has 1 aliphatic rings. The lowest BCUT2D eigenvalue weighted by molar-refractivity contribution is 0.100. The molecule has 0 saturated carbocycles. The van der Waals surface area contributed by atoms with Crippen molar-refractivity contribution in [3.05, 3.63) is 99.3 Å². The molecular formula is C25H22Cl2FN3O. The number of β-amino-alcohol motifs (C(OH)–C–C–N with tert-alkyl or cyclic N) is 1. The van der Waals surface area contributed by atoms with Crippen molar-refractivity contribution in [2.45, 2.75) is 12.1 Å². The summed E-state index contributed by atoms with van der Waals surface area (Å²) in [5, 5.41) is 21.0. The van der Waals surface area contributed by atoms with E-state index >= 15 is 0 Å². The summed E-state index contributed by atoms with van der Waals surface area (Å²) in [5.41, 5.74) is 3.00. The van der Waals surface area contributed by atoms with Crippen molar-refractivity contribution in [3.63, 3.8) is 0 Å². The lowest BCUT2D eigenvalue weighted by Gasteiger charge is -2.44. The summed E-state index contributed by atoms with van der Waals surface area (Å²) < 4.78 is 13.6. The van der Waals surface area contributed by atoms with Gasteiger partial charge in [0, 0.05) is 31.2 Å². The molecule has 32 heavy (non-hydrogen) atoms. The fourth-order valence-electron chi connectivity index (χ4n) is 4.14. The van der Waals surface area contributed by atoms with E-state index in [9.17, 15) is 9.50 Å². The fourth-order valence-corrected chi connectivity index (χ4v) is 4.55. The van der Waals surface area contributed by atoms with Crippen LogP contribution in [0.5, 0.6) is 0 Å². The van der Waals surface area contributed by atoms with Crippen LogP contribution in [0.15, 0.2) is 66.7 Å². The molecule has 164 valence electrons. The molecule has 0 radical (unpaired) electrons. The van der Waals surface area contributed by atoms with Crippen molar-refractivity contribution in [1.29, 1.82) is 5.26 Å². The highest BCUT2D eigenvalue weighted by molar-refractivity contribution is 6.33. The van der Waals surface area contributed by atoms with E-state index in [0.29, 0.717) is 47.4 Å². The first-order valence-corrected chi connectivity index (χ1v) is 11.1. The number of hydrogen-bond donors (Lipinski definition) is 1. The Labute approximate surface area is 197 Å². The maximum atomic E-state index is 13.6. The lowest BCUT2D eigenvalue weighted by atomic mass is 10.00. The first kappa shape index (κ1) is 22.6. The molecule has 0 amide bonds. The monoisotopic (exact) mass is 469 g/mol. The van der Waals surface area contributed by atoms with Gasteiger partial charge in [-0.3, -0.25) is 4.90 Å². The van der Waals surface area contributed by atoms with Gasteiger partial charge in [0.1, 0.15) is 5.82 Å². The molecule has 0 spiro atoms. The predicted molar refractivity (Wildman–Crippen MR) is 126 cm³/mol. The van der Waals surface area contributed by atoms with Crippen LogP contribution < -0.4 is 4.90 Å². The van der Waals surface area contributed by atoms with Gasteiger partial charge in [-0.2, -0.15) is 5.26 Å². The normalized spacial score (nSPS) is 17.7. The van der Waals surface area contributed by atoms with Gasteiger partial charge in [0.2, 0.25) is 0 Å². The highest BCUT2D eigenvalue weighted by Gasteiger charge is 2.30. The molecule has 3 aromatic rings. The molecule has 0 aromatic heterocycles. The van der Waals surface area contributed by atoms with E-state index < -0.39 is 6.10 Å². The van der Waals surface area contributed by atoms with Crippen molar-refractivity contribution in [3.8, 4) is 6.07 Å². The zero-order chi connectivity index (χ0) is 22.7. The maximum absolute atomic E-state index is 13.6. The van der Waals surface area contributed by atoms with Crippen LogP contribution in [0.1, 0.15) is 28.8 Å². The van der Waals surface area contributed by atoms with Crippen LogP contribution in [0.4, 0.5) is 10.1 Å². The second kappa shape index (κ2) is 9.89. The van der Waals surface area contributed by atoms with Gasteiger partial charge >= 0.3 is 0 Å². The highest BCUT2D eigenvalue weighted by atomic mass is 35.5. The molecule has 4 nitrogen and oxygen atoms in total. The third kappa shape index (κ3) is 5.06. The number of nitriles is 1. The Bertz CT molecular complexity index is 1130.